The van der Waals surface area contributed by atoms with E-state index in [0.717, 1.165) is 25.0 Å². The minimum absolute atomic E-state index is 0.846. The lowest BCUT2D eigenvalue weighted by Gasteiger charge is -2.37. The van der Waals surface area contributed by atoms with E-state index in [1.54, 1.807) is 0 Å². The fourth-order valence-corrected chi connectivity index (χ4v) is 3.17. The highest BCUT2D eigenvalue weighted by Crippen LogP contribution is 2.21. The van der Waals surface area contributed by atoms with Crippen LogP contribution in [-0.2, 0) is 0 Å². The Balaban J connectivity index is 1.44. The number of rotatable bonds is 3. The van der Waals surface area contributed by atoms with Gasteiger partial charge in [0.15, 0.2) is 0 Å². The van der Waals surface area contributed by atoms with E-state index >= 15 is 0 Å². The largest absolute Gasteiger partial charge is 0.341 e. The lowest BCUT2D eigenvalue weighted by Crippen LogP contribution is -2.47. The molecule has 5 heteroatoms. The van der Waals surface area contributed by atoms with Gasteiger partial charge in [-0.25, -0.2) is 9.97 Å². The minimum atomic E-state index is 0.846. The van der Waals surface area contributed by atoms with Gasteiger partial charge in [0, 0.05) is 58.2 Å². The fraction of sp³-hybridized carbons (Fsp3) is 0.733. The number of piperazine rings is 1. The van der Waals surface area contributed by atoms with E-state index in [-0.39, 0.29) is 0 Å². The molecule has 5 nitrogen and oxygen atoms in total. The third-order valence-electron chi connectivity index (χ3n) is 4.56. The van der Waals surface area contributed by atoms with Gasteiger partial charge in [0.25, 0.3) is 0 Å². The molecule has 0 radical (unpaired) electrons. The molecule has 0 aliphatic carbocycles. The molecule has 1 aromatic rings. The number of hydrogen-bond donors (Lipinski definition) is 0. The van der Waals surface area contributed by atoms with Crippen LogP contribution in [0.1, 0.15) is 12.8 Å². The van der Waals surface area contributed by atoms with Crippen LogP contribution in [0.4, 0.5) is 5.95 Å². The van der Waals surface area contributed by atoms with E-state index in [0.29, 0.717) is 0 Å². The van der Waals surface area contributed by atoms with Gasteiger partial charge in [-0.3, -0.25) is 0 Å². The van der Waals surface area contributed by atoms with Gasteiger partial charge in [0.05, 0.1) is 0 Å². The minimum Gasteiger partial charge on any atom is -0.341 e. The molecule has 0 bridgehead atoms. The number of likely N-dealkylation sites (N-methyl/N-ethyl adjacent to an activating group) is 1. The van der Waals surface area contributed by atoms with E-state index in [2.05, 4.69) is 31.7 Å². The Morgan fingerprint density at radius 3 is 2.30 bits per heavy atom. The van der Waals surface area contributed by atoms with Crippen molar-refractivity contribution in [1.29, 1.82) is 0 Å². The van der Waals surface area contributed by atoms with Gasteiger partial charge < -0.3 is 14.7 Å². The number of piperidine rings is 1. The van der Waals surface area contributed by atoms with Crippen molar-refractivity contribution in [3.8, 4) is 0 Å². The van der Waals surface area contributed by atoms with Crippen LogP contribution >= 0.6 is 0 Å². The molecular formula is C15H25N5. The van der Waals surface area contributed by atoms with E-state index in [4.69, 9.17) is 0 Å². The maximum Gasteiger partial charge on any atom is 0.225 e. The molecule has 0 saturated carbocycles. The molecule has 3 heterocycles. The Labute approximate surface area is 121 Å². The van der Waals surface area contributed by atoms with Crippen molar-refractivity contribution in [2.24, 2.45) is 5.92 Å². The van der Waals surface area contributed by atoms with Crippen LogP contribution in [0.5, 0.6) is 0 Å². The van der Waals surface area contributed by atoms with Crippen LogP contribution < -0.4 is 4.90 Å². The van der Waals surface area contributed by atoms with Crippen LogP contribution in [0.2, 0.25) is 0 Å². The summed E-state index contributed by atoms with van der Waals surface area (Å²) in [4.78, 5) is 16.1. The predicted molar refractivity (Wildman–Crippen MR) is 80.9 cm³/mol. The zero-order valence-corrected chi connectivity index (χ0v) is 12.4. The Morgan fingerprint density at radius 2 is 1.65 bits per heavy atom. The second-order valence-electron chi connectivity index (χ2n) is 6.08. The van der Waals surface area contributed by atoms with Crippen molar-refractivity contribution in [3.05, 3.63) is 18.5 Å². The lowest BCUT2D eigenvalue weighted by atomic mass is 9.96. The van der Waals surface area contributed by atoms with Gasteiger partial charge in [0.1, 0.15) is 0 Å². The van der Waals surface area contributed by atoms with Crippen LogP contribution in [0, 0.1) is 5.92 Å². The zero-order chi connectivity index (χ0) is 13.8. The summed E-state index contributed by atoms with van der Waals surface area (Å²) in [6.07, 6.45) is 6.20. The first kappa shape index (κ1) is 13.8. The van der Waals surface area contributed by atoms with Crippen LogP contribution in [0.15, 0.2) is 18.5 Å². The number of anilines is 1. The standard InChI is InChI=1S/C15H25N5/c1-18-9-11-19(12-10-18)13-14-3-7-20(8-4-14)15-16-5-2-6-17-15/h2,5-6,14H,3-4,7-13H2,1H3. The smallest absolute Gasteiger partial charge is 0.225 e. The summed E-state index contributed by atoms with van der Waals surface area (Å²) in [5, 5.41) is 0. The third-order valence-corrected chi connectivity index (χ3v) is 4.56. The first-order valence-corrected chi connectivity index (χ1v) is 7.74. The highest BCUT2D eigenvalue weighted by atomic mass is 15.3. The van der Waals surface area contributed by atoms with Crippen LogP contribution in [0.3, 0.4) is 0 Å². The highest BCUT2D eigenvalue weighted by Gasteiger charge is 2.23. The molecule has 2 saturated heterocycles. The number of aromatic nitrogens is 2. The summed E-state index contributed by atoms with van der Waals surface area (Å²) in [7, 11) is 2.22. The van der Waals surface area contributed by atoms with Gasteiger partial charge in [0.2, 0.25) is 5.95 Å². The summed E-state index contributed by atoms with van der Waals surface area (Å²) in [5.74, 6) is 1.74. The molecule has 0 unspecified atom stereocenters. The maximum absolute atomic E-state index is 4.35. The molecule has 1 aromatic heterocycles. The monoisotopic (exact) mass is 275 g/mol. The molecule has 0 amide bonds. The average molecular weight is 275 g/mol. The van der Waals surface area contributed by atoms with E-state index < -0.39 is 0 Å². The summed E-state index contributed by atoms with van der Waals surface area (Å²) >= 11 is 0. The van der Waals surface area contributed by atoms with E-state index in [1.165, 1.54) is 45.6 Å². The fourth-order valence-electron chi connectivity index (χ4n) is 3.17. The molecule has 0 spiro atoms. The van der Waals surface area contributed by atoms with Crippen LogP contribution in [0.25, 0.3) is 0 Å². The molecule has 2 aliphatic heterocycles. The average Bonchev–Trinajstić information content (AvgIpc) is 2.51. The number of nitrogens with zero attached hydrogens (tertiary/aromatic N) is 5. The maximum atomic E-state index is 4.35. The van der Waals surface area contributed by atoms with Gasteiger partial charge in [-0.2, -0.15) is 0 Å². The quantitative estimate of drug-likeness (QED) is 0.820. The van der Waals surface area contributed by atoms with Crippen molar-refractivity contribution < 1.29 is 0 Å². The molecule has 0 atom stereocenters. The van der Waals surface area contributed by atoms with E-state index in [1.807, 2.05) is 18.5 Å². The van der Waals surface area contributed by atoms with Crippen LogP contribution in [-0.4, -0.2) is 72.6 Å². The van der Waals surface area contributed by atoms with Crippen molar-refractivity contribution >= 4 is 5.95 Å². The molecule has 110 valence electrons. The number of hydrogen-bond acceptors (Lipinski definition) is 5. The predicted octanol–water partition coefficient (Wildman–Crippen LogP) is 0.940. The molecular weight excluding hydrogens is 250 g/mol. The van der Waals surface area contributed by atoms with Gasteiger partial charge >= 0.3 is 0 Å². The Hall–Kier alpha value is -1.20. The summed E-state index contributed by atoms with van der Waals surface area (Å²) in [6.45, 7) is 8.38. The SMILES string of the molecule is CN1CCN(CC2CCN(c3ncccn3)CC2)CC1. The molecule has 2 aliphatic rings. The van der Waals surface area contributed by atoms with Crippen molar-refractivity contribution in [2.75, 3.05) is 57.8 Å². The van der Waals surface area contributed by atoms with E-state index in [9.17, 15) is 0 Å². The first-order valence-electron chi connectivity index (χ1n) is 7.74. The third kappa shape index (κ3) is 3.46. The lowest BCUT2D eigenvalue weighted by molar-refractivity contribution is 0.129. The summed E-state index contributed by atoms with van der Waals surface area (Å²) < 4.78 is 0. The zero-order valence-electron chi connectivity index (χ0n) is 12.4. The van der Waals surface area contributed by atoms with Crippen molar-refractivity contribution in [2.45, 2.75) is 12.8 Å². The first-order chi connectivity index (χ1) is 9.81. The summed E-state index contributed by atoms with van der Waals surface area (Å²) in [5.41, 5.74) is 0. The highest BCUT2D eigenvalue weighted by molar-refractivity contribution is 5.28. The summed E-state index contributed by atoms with van der Waals surface area (Å²) in [6, 6.07) is 1.88. The Morgan fingerprint density at radius 1 is 1.00 bits per heavy atom. The van der Waals surface area contributed by atoms with Crippen molar-refractivity contribution in [3.63, 3.8) is 0 Å². The molecule has 0 N–H and O–H groups in total. The molecule has 2 fully saturated rings. The second kappa shape index (κ2) is 6.50. The molecule has 20 heavy (non-hydrogen) atoms. The molecule has 3 rings (SSSR count). The Bertz CT molecular complexity index is 394. The normalized spacial score (nSPS) is 23.1. The van der Waals surface area contributed by atoms with Crippen molar-refractivity contribution in [1.82, 2.24) is 19.8 Å². The topological polar surface area (TPSA) is 35.5 Å². The Kier molecular flexibility index (Phi) is 4.47. The van der Waals surface area contributed by atoms with Gasteiger partial charge in [-0.15, -0.1) is 0 Å². The molecule has 0 aromatic carbocycles. The van der Waals surface area contributed by atoms with Gasteiger partial charge in [-0.1, -0.05) is 0 Å². The second-order valence-corrected chi connectivity index (χ2v) is 6.08. The van der Waals surface area contributed by atoms with Gasteiger partial charge in [-0.05, 0) is 31.9 Å².